The minimum absolute atomic E-state index is 0.176. The van der Waals surface area contributed by atoms with E-state index in [1.54, 1.807) is 30.3 Å². The Labute approximate surface area is 167 Å². The molecule has 0 fully saturated rings. The first-order chi connectivity index (χ1) is 14.2. The molecular formula is C23H19N3O3. The molecule has 0 aliphatic rings. The molecule has 0 saturated heterocycles. The lowest BCUT2D eigenvalue weighted by atomic mass is 10.2. The standard InChI is InChI=1S/C23H19N3O3/c27-18-11-9-16(10-12-18)14-24-26-23(28)21-13-19-20(25-21)7-4-8-22(19)29-15-17-5-2-1-3-6-17/h1-14,25,27H,15H2,(H,26,28)/b24-14+. The Morgan fingerprint density at radius 3 is 2.62 bits per heavy atom. The number of benzene rings is 3. The van der Waals surface area contributed by atoms with Gasteiger partial charge in [0.25, 0.3) is 5.91 Å². The van der Waals surface area contributed by atoms with E-state index >= 15 is 0 Å². The van der Waals surface area contributed by atoms with Gasteiger partial charge in [0.15, 0.2) is 0 Å². The largest absolute Gasteiger partial charge is 0.508 e. The van der Waals surface area contributed by atoms with Crippen molar-refractivity contribution in [2.75, 3.05) is 0 Å². The van der Waals surface area contributed by atoms with Crippen molar-refractivity contribution in [2.24, 2.45) is 5.10 Å². The number of hydrogen-bond donors (Lipinski definition) is 3. The summed E-state index contributed by atoms with van der Waals surface area (Å²) >= 11 is 0. The van der Waals surface area contributed by atoms with Gasteiger partial charge in [0.05, 0.1) is 6.21 Å². The number of nitrogens with zero attached hydrogens (tertiary/aromatic N) is 1. The molecule has 0 aliphatic heterocycles. The lowest BCUT2D eigenvalue weighted by Crippen LogP contribution is -2.17. The third-order valence-electron chi connectivity index (χ3n) is 4.38. The number of nitrogens with one attached hydrogen (secondary N) is 2. The van der Waals surface area contributed by atoms with Crippen LogP contribution in [-0.2, 0) is 6.61 Å². The molecule has 6 nitrogen and oxygen atoms in total. The molecule has 4 rings (SSSR count). The summed E-state index contributed by atoms with van der Waals surface area (Å²) in [6.45, 7) is 0.448. The van der Waals surface area contributed by atoms with Crippen LogP contribution in [0.2, 0.25) is 0 Å². The topological polar surface area (TPSA) is 86.7 Å². The van der Waals surface area contributed by atoms with Crippen LogP contribution in [0.1, 0.15) is 21.6 Å². The number of fused-ring (bicyclic) bond motifs is 1. The summed E-state index contributed by atoms with van der Waals surface area (Å²) in [5.41, 5.74) is 5.52. The lowest BCUT2D eigenvalue weighted by molar-refractivity contribution is 0.0951. The number of phenolic OH excluding ortho intramolecular Hbond substituents is 1. The maximum absolute atomic E-state index is 12.4. The van der Waals surface area contributed by atoms with Crippen LogP contribution in [0.3, 0.4) is 0 Å². The first-order valence-corrected chi connectivity index (χ1v) is 9.10. The predicted molar refractivity (Wildman–Crippen MR) is 112 cm³/mol. The molecule has 3 aromatic carbocycles. The number of H-pyrrole nitrogens is 1. The van der Waals surface area contributed by atoms with Gasteiger partial charge in [-0.25, -0.2) is 5.43 Å². The number of ether oxygens (including phenoxy) is 1. The van der Waals surface area contributed by atoms with E-state index in [1.807, 2.05) is 48.5 Å². The monoisotopic (exact) mass is 385 g/mol. The highest BCUT2D eigenvalue weighted by Gasteiger charge is 2.12. The molecule has 1 aromatic heterocycles. The average Bonchev–Trinajstić information content (AvgIpc) is 3.19. The molecule has 3 N–H and O–H groups in total. The highest BCUT2D eigenvalue weighted by Crippen LogP contribution is 2.27. The molecule has 0 radical (unpaired) electrons. The van der Waals surface area contributed by atoms with E-state index in [9.17, 15) is 9.90 Å². The van der Waals surface area contributed by atoms with E-state index in [0.29, 0.717) is 18.1 Å². The van der Waals surface area contributed by atoms with Crippen molar-refractivity contribution in [1.82, 2.24) is 10.4 Å². The molecule has 0 spiro atoms. The van der Waals surface area contributed by atoms with Gasteiger partial charge in [-0.1, -0.05) is 36.4 Å². The number of aromatic amines is 1. The second-order valence-corrected chi connectivity index (χ2v) is 6.47. The van der Waals surface area contributed by atoms with Gasteiger partial charge >= 0.3 is 0 Å². The quantitative estimate of drug-likeness (QED) is 0.343. The third-order valence-corrected chi connectivity index (χ3v) is 4.38. The highest BCUT2D eigenvalue weighted by molar-refractivity contribution is 6.00. The van der Waals surface area contributed by atoms with Crippen molar-refractivity contribution in [1.29, 1.82) is 0 Å². The molecule has 1 amide bonds. The molecule has 0 unspecified atom stereocenters. The van der Waals surface area contributed by atoms with E-state index in [-0.39, 0.29) is 11.7 Å². The maximum Gasteiger partial charge on any atom is 0.287 e. The van der Waals surface area contributed by atoms with E-state index in [1.165, 1.54) is 6.21 Å². The molecule has 0 saturated carbocycles. The number of aromatic hydroxyl groups is 1. The number of hydrazone groups is 1. The maximum atomic E-state index is 12.4. The Hall–Kier alpha value is -4.06. The summed E-state index contributed by atoms with van der Waals surface area (Å²) in [6.07, 6.45) is 1.51. The van der Waals surface area contributed by atoms with Crippen LogP contribution in [0.25, 0.3) is 10.9 Å². The lowest BCUT2D eigenvalue weighted by Gasteiger charge is -2.07. The van der Waals surface area contributed by atoms with Crippen LogP contribution in [0.5, 0.6) is 11.5 Å². The average molecular weight is 385 g/mol. The zero-order chi connectivity index (χ0) is 20.1. The van der Waals surface area contributed by atoms with Crippen molar-refractivity contribution in [2.45, 2.75) is 6.61 Å². The summed E-state index contributed by atoms with van der Waals surface area (Å²) in [5, 5.41) is 14.1. The number of amides is 1. The molecule has 0 aliphatic carbocycles. The number of rotatable bonds is 6. The van der Waals surface area contributed by atoms with Crippen molar-refractivity contribution in [3.8, 4) is 11.5 Å². The first kappa shape index (κ1) is 18.3. The Morgan fingerprint density at radius 1 is 1.03 bits per heavy atom. The molecule has 6 heteroatoms. The van der Waals surface area contributed by atoms with Crippen LogP contribution in [-0.4, -0.2) is 22.2 Å². The summed E-state index contributed by atoms with van der Waals surface area (Å²) in [4.78, 5) is 15.5. The molecule has 0 atom stereocenters. The number of carbonyl (C=O) groups excluding carboxylic acids is 1. The smallest absolute Gasteiger partial charge is 0.287 e. The van der Waals surface area contributed by atoms with Crippen LogP contribution < -0.4 is 10.2 Å². The van der Waals surface area contributed by atoms with Gasteiger partial charge in [0, 0.05) is 10.9 Å². The summed E-state index contributed by atoms with van der Waals surface area (Å²) in [5.74, 6) is 0.522. The summed E-state index contributed by atoms with van der Waals surface area (Å²) in [6, 6.07) is 23.8. The molecule has 144 valence electrons. The fourth-order valence-corrected chi connectivity index (χ4v) is 2.90. The zero-order valence-electron chi connectivity index (χ0n) is 15.5. The Morgan fingerprint density at radius 2 is 1.83 bits per heavy atom. The predicted octanol–water partition coefficient (Wildman–Crippen LogP) is 4.22. The normalized spacial score (nSPS) is 11.0. The summed E-state index contributed by atoms with van der Waals surface area (Å²) in [7, 11) is 0. The summed E-state index contributed by atoms with van der Waals surface area (Å²) < 4.78 is 5.95. The van der Waals surface area contributed by atoms with Gasteiger partial charge in [-0.2, -0.15) is 5.10 Å². The molecule has 4 aromatic rings. The zero-order valence-corrected chi connectivity index (χ0v) is 15.5. The van der Waals surface area contributed by atoms with Crippen molar-refractivity contribution in [3.05, 3.63) is 95.7 Å². The molecule has 0 bridgehead atoms. The van der Waals surface area contributed by atoms with E-state index in [4.69, 9.17) is 4.74 Å². The second kappa shape index (κ2) is 8.31. The number of aromatic nitrogens is 1. The number of phenols is 1. The van der Waals surface area contributed by atoms with Crippen LogP contribution in [0, 0.1) is 0 Å². The van der Waals surface area contributed by atoms with Gasteiger partial charge in [-0.05, 0) is 53.6 Å². The van der Waals surface area contributed by atoms with Gasteiger partial charge < -0.3 is 14.8 Å². The van der Waals surface area contributed by atoms with Gasteiger partial charge in [0.1, 0.15) is 23.8 Å². The van der Waals surface area contributed by atoms with E-state index in [2.05, 4.69) is 15.5 Å². The molecular weight excluding hydrogens is 366 g/mol. The second-order valence-electron chi connectivity index (χ2n) is 6.47. The van der Waals surface area contributed by atoms with Gasteiger partial charge in [-0.15, -0.1) is 0 Å². The van der Waals surface area contributed by atoms with E-state index < -0.39 is 0 Å². The Bertz CT molecular complexity index is 1150. The molecule has 29 heavy (non-hydrogen) atoms. The first-order valence-electron chi connectivity index (χ1n) is 9.10. The van der Waals surface area contributed by atoms with Crippen LogP contribution in [0.15, 0.2) is 84.0 Å². The van der Waals surface area contributed by atoms with E-state index in [0.717, 1.165) is 22.0 Å². The van der Waals surface area contributed by atoms with Gasteiger partial charge in [-0.3, -0.25) is 4.79 Å². The third kappa shape index (κ3) is 4.44. The highest BCUT2D eigenvalue weighted by atomic mass is 16.5. The number of carbonyl (C=O) groups is 1. The Balaban J connectivity index is 1.46. The van der Waals surface area contributed by atoms with Crippen LogP contribution in [0.4, 0.5) is 0 Å². The number of hydrogen-bond acceptors (Lipinski definition) is 4. The molecule has 1 heterocycles. The fourth-order valence-electron chi connectivity index (χ4n) is 2.90. The fraction of sp³-hybridized carbons (Fsp3) is 0.0435. The van der Waals surface area contributed by atoms with Crippen molar-refractivity contribution < 1.29 is 14.6 Å². The Kier molecular flexibility index (Phi) is 5.25. The minimum atomic E-state index is -0.356. The van der Waals surface area contributed by atoms with Crippen molar-refractivity contribution >= 4 is 23.0 Å². The van der Waals surface area contributed by atoms with Crippen LogP contribution >= 0.6 is 0 Å². The minimum Gasteiger partial charge on any atom is -0.508 e. The van der Waals surface area contributed by atoms with Gasteiger partial charge in [0.2, 0.25) is 0 Å². The van der Waals surface area contributed by atoms with Crippen molar-refractivity contribution in [3.63, 3.8) is 0 Å². The SMILES string of the molecule is O=C(N/N=C/c1ccc(O)cc1)c1cc2c(OCc3ccccc3)cccc2[nH]1.